The van der Waals surface area contributed by atoms with Crippen LogP contribution >= 0.6 is 0 Å². The molecule has 2 radical (unpaired) electrons. The minimum absolute atomic E-state index is 0.141. The molecule has 64 valence electrons. The van der Waals surface area contributed by atoms with Crippen LogP contribution in [0.15, 0.2) is 18.2 Å². The molecule has 0 fully saturated rings. The van der Waals surface area contributed by atoms with Gasteiger partial charge in [0.15, 0.2) is 0 Å². The number of benzene rings is 1. The first kappa shape index (κ1) is 9.10. The summed E-state index contributed by atoms with van der Waals surface area (Å²) < 4.78 is 36.3. The number of halogens is 3. The Morgan fingerprint density at radius 1 is 1.17 bits per heavy atom. The van der Waals surface area contributed by atoms with E-state index in [1.807, 2.05) is 0 Å². The third-order valence-corrected chi connectivity index (χ3v) is 1.43. The van der Waals surface area contributed by atoms with Gasteiger partial charge >= 0.3 is 6.18 Å². The quantitative estimate of drug-likeness (QED) is 0.564. The third-order valence-electron chi connectivity index (χ3n) is 1.43. The van der Waals surface area contributed by atoms with Crippen molar-refractivity contribution in [3.8, 4) is 0 Å². The molecule has 1 aromatic rings. The van der Waals surface area contributed by atoms with Gasteiger partial charge in [-0.2, -0.15) is 13.2 Å². The monoisotopic (exact) mass is 172 g/mol. The molecule has 0 spiro atoms. The highest BCUT2D eigenvalue weighted by Crippen LogP contribution is 2.30. The number of rotatable bonds is 0. The Morgan fingerprint density at radius 3 is 2.17 bits per heavy atom. The van der Waals surface area contributed by atoms with E-state index in [4.69, 9.17) is 6.92 Å². The minimum atomic E-state index is -4.31. The third kappa shape index (κ3) is 2.00. The molecule has 0 N–H and O–H groups in total. The molecule has 0 saturated carbocycles. The summed E-state index contributed by atoms with van der Waals surface area (Å²) in [7, 11) is 0. The highest BCUT2D eigenvalue weighted by atomic mass is 19.4. The molecule has 0 aliphatic carbocycles. The fourth-order valence-electron chi connectivity index (χ4n) is 0.976. The average molecular weight is 172 g/mol. The Kier molecular flexibility index (Phi) is 2.13. The number of alkyl halides is 3. The number of hydrogen-bond acceptors (Lipinski definition) is 0. The Morgan fingerprint density at radius 2 is 1.75 bits per heavy atom. The summed E-state index contributed by atoms with van der Waals surface area (Å²) in [5.74, 6) is 0. The Hall–Kier alpha value is -0.990. The fraction of sp³-hybridized carbons (Fsp3) is 0.222. The van der Waals surface area contributed by atoms with Gasteiger partial charge in [-0.05, 0) is 31.5 Å². The second-order valence-electron chi connectivity index (χ2n) is 2.63. The molecule has 3 heteroatoms. The van der Waals surface area contributed by atoms with Gasteiger partial charge < -0.3 is 0 Å². The van der Waals surface area contributed by atoms with Crippen LogP contribution in [0.2, 0.25) is 0 Å². The summed E-state index contributed by atoms with van der Waals surface area (Å²) in [6.45, 7) is 6.83. The standard InChI is InChI=1S/C9H7F3/c1-6-3-7(2)5-8(4-6)9(10,11)12/h1,3-5H,2H3. The van der Waals surface area contributed by atoms with Crippen LogP contribution in [0.4, 0.5) is 13.2 Å². The molecule has 0 amide bonds. The fourth-order valence-corrected chi connectivity index (χ4v) is 0.976. The molecule has 0 atom stereocenters. The van der Waals surface area contributed by atoms with Crippen molar-refractivity contribution in [3.63, 3.8) is 0 Å². The summed E-state index contributed by atoms with van der Waals surface area (Å²) in [5.41, 5.74) is -0.0374. The van der Waals surface area contributed by atoms with Crippen molar-refractivity contribution < 1.29 is 13.2 Å². The lowest BCUT2D eigenvalue weighted by molar-refractivity contribution is -0.137. The first-order chi connectivity index (χ1) is 5.39. The van der Waals surface area contributed by atoms with Crippen LogP contribution in [0.3, 0.4) is 0 Å². The largest absolute Gasteiger partial charge is 0.416 e. The van der Waals surface area contributed by atoms with Gasteiger partial charge in [-0.25, -0.2) is 0 Å². The SMILES string of the molecule is [CH]c1cc(C)cc(C(F)(F)F)c1. The van der Waals surface area contributed by atoms with Gasteiger partial charge in [0.1, 0.15) is 0 Å². The lowest BCUT2D eigenvalue weighted by Crippen LogP contribution is -2.05. The number of hydrogen-bond donors (Lipinski definition) is 0. The van der Waals surface area contributed by atoms with Crippen LogP contribution in [0.5, 0.6) is 0 Å². The van der Waals surface area contributed by atoms with Gasteiger partial charge in [-0.3, -0.25) is 0 Å². The van der Waals surface area contributed by atoms with Crippen LogP contribution in [0.25, 0.3) is 0 Å². The van der Waals surface area contributed by atoms with E-state index in [-0.39, 0.29) is 5.56 Å². The zero-order valence-electron chi connectivity index (χ0n) is 6.44. The van der Waals surface area contributed by atoms with Crippen molar-refractivity contribution in [2.24, 2.45) is 0 Å². The van der Waals surface area contributed by atoms with Crippen LogP contribution < -0.4 is 0 Å². The normalized spacial score (nSPS) is 11.8. The van der Waals surface area contributed by atoms with Gasteiger partial charge in [0.05, 0.1) is 5.56 Å². The Labute approximate surface area is 69.0 Å². The van der Waals surface area contributed by atoms with Crippen LogP contribution in [0.1, 0.15) is 16.7 Å². The van der Waals surface area contributed by atoms with Crippen molar-refractivity contribution in [3.05, 3.63) is 41.8 Å². The molecule has 1 rings (SSSR count). The Balaban J connectivity index is 3.18. The van der Waals surface area contributed by atoms with E-state index in [0.717, 1.165) is 12.1 Å². The second kappa shape index (κ2) is 2.81. The van der Waals surface area contributed by atoms with E-state index in [1.54, 1.807) is 6.92 Å². The molecule has 1 aromatic carbocycles. The van der Waals surface area contributed by atoms with E-state index < -0.39 is 11.7 Å². The van der Waals surface area contributed by atoms with E-state index >= 15 is 0 Å². The maximum Gasteiger partial charge on any atom is 0.416 e. The molecular formula is C9H7F3. The van der Waals surface area contributed by atoms with Gasteiger partial charge in [-0.15, -0.1) is 0 Å². The molecule has 0 aromatic heterocycles. The van der Waals surface area contributed by atoms with Gasteiger partial charge in [0.25, 0.3) is 0 Å². The van der Waals surface area contributed by atoms with E-state index in [0.29, 0.717) is 5.56 Å². The van der Waals surface area contributed by atoms with Crippen molar-refractivity contribution >= 4 is 0 Å². The van der Waals surface area contributed by atoms with Crippen LogP contribution in [-0.2, 0) is 6.18 Å². The highest BCUT2D eigenvalue weighted by molar-refractivity contribution is 5.32. The minimum Gasteiger partial charge on any atom is -0.166 e. The molecule has 0 saturated heterocycles. The zero-order valence-corrected chi connectivity index (χ0v) is 6.44. The zero-order chi connectivity index (χ0) is 9.35. The number of aryl methyl sites for hydroxylation is 1. The Bertz CT molecular complexity index is 266. The van der Waals surface area contributed by atoms with Gasteiger partial charge in [0.2, 0.25) is 0 Å². The maximum atomic E-state index is 12.1. The topological polar surface area (TPSA) is 0 Å². The van der Waals surface area contributed by atoms with E-state index in [9.17, 15) is 13.2 Å². The van der Waals surface area contributed by atoms with Crippen LogP contribution in [0, 0.1) is 13.8 Å². The van der Waals surface area contributed by atoms with Crippen molar-refractivity contribution in [1.29, 1.82) is 0 Å². The maximum absolute atomic E-state index is 12.1. The summed E-state index contributed by atoms with van der Waals surface area (Å²) in [4.78, 5) is 0. The van der Waals surface area contributed by atoms with E-state index in [2.05, 4.69) is 0 Å². The van der Waals surface area contributed by atoms with Crippen molar-refractivity contribution in [2.45, 2.75) is 13.1 Å². The lowest BCUT2D eigenvalue weighted by atomic mass is 10.1. The molecule has 0 heterocycles. The van der Waals surface area contributed by atoms with Crippen molar-refractivity contribution in [2.75, 3.05) is 0 Å². The van der Waals surface area contributed by atoms with Gasteiger partial charge in [0, 0.05) is 0 Å². The first-order valence-corrected chi connectivity index (χ1v) is 3.34. The summed E-state index contributed by atoms with van der Waals surface area (Å²) >= 11 is 0. The summed E-state index contributed by atoms with van der Waals surface area (Å²) in [5, 5.41) is 0. The molecule has 0 unspecified atom stereocenters. The molecule has 0 bridgehead atoms. The predicted octanol–water partition coefficient (Wildman–Crippen LogP) is 3.07. The van der Waals surface area contributed by atoms with Crippen molar-refractivity contribution in [1.82, 2.24) is 0 Å². The average Bonchev–Trinajstić information content (AvgIpc) is 1.82. The molecule has 0 aliphatic rings. The summed E-state index contributed by atoms with van der Waals surface area (Å²) in [6.07, 6.45) is -4.31. The molecule has 12 heavy (non-hydrogen) atoms. The van der Waals surface area contributed by atoms with Gasteiger partial charge in [-0.1, -0.05) is 11.6 Å². The first-order valence-electron chi connectivity index (χ1n) is 3.34. The smallest absolute Gasteiger partial charge is 0.166 e. The highest BCUT2D eigenvalue weighted by Gasteiger charge is 2.30. The summed E-state index contributed by atoms with van der Waals surface area (Å²) in [6, 6.07) is 3.48. The second-order valence-corrected chi connectivity index (χ2v) is 2.63. The van der Waals surface area contributed by atoms with Crippen LogP contribution in [-0.4, -0.2) is 0 Å². The molecule has 0 aliphatic heterocycles. The lowest BCUT2D eigenvalue weighted by Gasteiger charge is -2.07. The molecule has 0 nitrogen and oxygen atoms in total. The molecular weight excluding hydrogens is 165 g/mol. The predicted molar refractivity (Wildman–Crippen MR) is 39.6 cm³/mol. The van der Waals surface area contributed by atoms with E-state index in [1.165, 1.54) is 6.07 Å².